The van der Waals surface area contributed by atoms with E-state index in [1.807, 2.05) is 0 Å². The first-order chi connectivity index (χ1) is 5.91. The summed E-state index contributed by atoms with van der Waals surface area (Å²) in [5.74, 6) is 10.7. The molecule has 64 valence electrons. The molecule has 0 aliphatic rings. The zero-order valence-electron chi connectivity index (χ0n) is 6.55. The first kappa shape index (κ1) is 14.1. The standard InChI is InChI=1S/H3N12.Na/c1-3-5-7-9-11-12-10-8-6-4-2;/h(H3-,1,2,3,4,5,6,7,8,9,10,11,12);/q-1;+1. The van der Waals surface area contributed by atoms with Crippen LogP contribution in [0.3, 0.4) is 0 Å². The van der Waals surface area contributed by atoms with Crippen molar-refractivity contribution in [3.05, 3.63) is 5.84 Å². The third-order valence-corrected chi connectivity index (χ3v) is 0.376. The fourth-order valence-corrected chi connectivity index (χ4v) is 0.150. The van der Waals surface area contributed by atoms with Gasteiger partial charge >= 0.3 is 29.6 Å². The first-order valence-electron chi connectivity index (χ1n) is 2.28. The van der Waals surface area contributed by atoms with E-state index >= 15 is 0 Å². The summed E-state index contributed by atoms with van der Waals surface area (Å²) in [6.45, 7) is 0. The molecule has 0 aromatic heterocycles. The normalized spacial score (nSPS) is 12.6. The summed E-state index contributed by atoms with van der Waals surface area (Å²) >= 11 is 0. The average Bonchev–Trinajstić information content (AvgIpc) is 2.10. The van der Waals surface area contributed by atoms with E-state index < -0.39 is 0 Å². The van der Waals surface area contributed by atoms with Crippen LogP contribution in [0.1, 0.15) is 0 Å². The molecule has 13 heavy (non-hydrogen) atoms. The van der Waals surface area contributed by atoms with Crippen LogP contribution >= 0.6 is 0 Å². The monoisotopic (exact) mass is 194 g/mol. The maximum atomic E-state index is 6.12. The zero-order valence-corrected chi connectivity index (χ0v) is 8.55. The second kappa shape index (κ2) is 13.2. The second-order valence-corrected chi connectivity index (χ2v) is 0.931. The molecule has 0 heterocycles. The predicted octanol–water partition coefficient (Wildman–Crippen LogP) is -1.25. The third-order valence-electron chi connectivity index (χ3n) is 0.376. The Morgan fingerprint density at radius 2 is 1.08 bits per heavy atom. The molecule has 0 aromatic rings. The van der Waals surface area contributed by atoms with Crippen molar-refractivity contribution < 1.29 is 29.6 Å². The fraction of sp³-hybridized carbons (Fsp3) is 0. The molecule has 13 heteroatoms. The first-order valence-corrected chi connectivity index (χ1v) is 2.28. The molecule has 0 aliphatic heterocycles. The van der Waals surface area contributed by atoms with Crippen molar-refractivity contribution in [2.24, 2.45) is 58.1 Å². The molecule has 0 rings (SSSR count). The minimum Gasteiger partial charge on any atom is -0.397 e. The van der Waals surface area contributed by atoms with E-state index in [1.165, 1.54) is 0 Å². The Balaban J connectivity index is 0. The van der Waals surface area contributed by atoms with Crippen LogP contribution in [-0.2, 0) is 0 Å². The van der Waals surface area contributed by atoms with E-state index in [2.05, 4.69) is 58.1 Å². The average molecular weight is 194 g/mol. The molecule has 0 fully saturated rings. The van der Waals surface area contributed by atoms with Gasteiger partial charge in [-0.05, 0) is 31.3 Å². The molecule has 0 aliphatic carbocycles. The van der Waals surface area contributed by atoms with Gasteiger partial charge in [0.2, 0.25) is 0 Å². The number of nitrogens with zero attached hydrogens (tertiary/aromatic N) is 10. The van der Waals surface area contributed by atoms with Crippen LogP contribution in [-0.4, -0.2) is 0 Å². The van der Waals surface area contributed by atoms with E-state index in [1.54, 1.807) is 0 Å². The van der Waals surface area contributed by atoms with Crippen molar-refractivity contribution in [1.29, 1.82) is 0 Å². The molecular formula is H3N12Na. The molecule has 0 spiro atoms. The summed E-state index contributed by atoms with van der Waals surface area (Å²) in [6.07, 6.45) is 0. The van der Waals surface area contributed by atoms with Gasteiger partial charge in [0, 0.05) is 0 Å². The molecule has 0 saturated heterocycles. The molecular weight excluding hydrogens is 191 g/mol. The summed E-state index contributed by atoms with van der Waals surface area (Å²) in [7, 11) is 0. The van der Waals surface area contributed by atoms with Gasteiger partial charge < -0.3 is 11.7 Å². The van der Waals surface area contributed by atoms with Gasteiger partial charge in [-0.1, -0.05) is 5.22 Å². The fourth-order valence-electron chi connectivity index (χ4n) is 0.150. The summed E-state index contributed by atoms with van der Waals surface area (Å²) in [6, 6.07) is 0. The van der Waals surface area contributed by atoms with Crippen LogP contribution in [0.5, 0.6) is 0 Å². The van der Waals surface area contributed by atoms with Crippen LogP contribution < -0.4 is 35.4 Å². The Kier molecular flexibility index (Phi) is 14.4. The van der Waals surface area contributed by atoms with Crippen LogP contribution in [0.4, 0.5) is 0 Å². The van der Waals surface area contributed by atoms with Crippen LogP contribution in [0.15, 0.2) is 52.2 Å². The van der Waals surface area contributed by atoms with Gasteiger partial charge in [-0.15, -0.1) is 5.22 Å². The Labute approximate surface area is 93.5 Å². The molecule has 0 unspecified atom stereocenters. The van der Waals surface area contributed by atoms with E-state index in [-0.39, 0.29) is 29.6 Å². The van der Waals surface area contributed by atoms with Crippen molar-refractivity contribution in [2.45, 2.75) is 0 Å². The van der Waals surface area contributed by atoms with Gasteiger partial charge in [0.25, 0.3) is 0 Å². The summed E-state index contributed by atoms with van der Waals surface area (Å²) in [5.41, 5.74) is 0. The van der Waals surface area contributed by atoms with Gasteiger partial charge in [-0.2, -0.15) is 0 Å². The number of hydrogen-bond donors (Lipinski definition) is 1. The number of hydrogen-bond acceptors (Lipinski definition) is 2. The topological polar surface area (TPSA) is 173 Å². The van der Waals surface area contributed by atoms with Crippen LogP contribution in [0.25, 0.3) is 5.84 Å². The van der Waals surface area contributed by atoms with E-state index in [0.717, 1.165) is 0 Å². The SMILES string of the molecule is [NH-]/N=N/N=N/N=N/N=N/N=N/N.[Na+]. The molecule has 0 atom stereocenters. The summed E-state index contributed by atoms with van der Waals surface area (Å²) in [4.78, 5) is 0. The van der Waals surface area contributed by atoms with Gasteiger partial charge in [-0.25, -0.2) is 5.22 Å². The molecule has 0 bridgehead atoms. The molecule has 3 N–H and O–H groups in total. The summed E-state index contributed by atoms with van der Waals surface area (Å²) < 4.78 is 0. The van der Waals surface area contributed by atoms with Gasteiger partial charge in [0.1, 0.15) is 0 Å². The molecule has 0 radical (unpaired) electrons. The quantitative estimate of drug-likeness (QED) is 0.250. The van der Waals surface area contributed by atoms with Crippen molar-refractivity contribution in [3.8, 4) is 0 Å². The molecule has 0 amide bonds. The Morgan fingerprint density at radius 1 is 0.692 bits per heavy atom. The minimum absolute atomic E-state index is 0. The zero-order chi connectivity index (χ0) is 9.07. The van der Waals surface area contributed by atoms with E-state index in [0.29, 0.717) is 0 Å². The van der Waals surface area contributed by atoms with E-state index in [4.69, 9.17) is 5.84 Å². The molecule has 12 nitrogen and oxygen atoms in total. The number of nitrogens with two attached hydrogens (primary N) is 1. The maximum Gasteiger partial charge on any atom is 1.00 e. The Bertz CT molecular complexity index is 193. The molecule has 0 saturated carbocycles. The second-order valence-electron chi connectivity index (χ2n) is 0.931. The van der Waals surface area contributed by atoms with Crippen LogP contribution in [0.2, 0.25) is 0 Å². The van der Waals surface area contributed by atoms with Gasteiger partial charge in [0.15, 0.2) is 0 Å². The number of nitrogens with one attached hydrogen (secondary N) is 1. The maximum absolute atomic E-state index is 6.12. The smallest absolute Gasteiger partial charge is 0.397 e. The Hall–Kier alpha value is -1.40. The summed E-state index contributed by atoms with van der Waals surface area (Å²) in [5, 5.41) is 28.3. The molecule has 0 aromatic carbocycles. The largest absolute Gasteiger partial charge is 1.00 e. The van der Waals surface area contributed by atoms with Crippen molar-refractivity contribution in [3.63, 3.8) is 0 Å². The van der Waals surface area contributed by atoms with Crippen molar-refractivity contribution in [1.82, 2.24) is 0 Å². The predicted molar refractivity (Wildman–Crippen MR) is 32.8 cm³/mol. The Morgan fingerprint density at radius 3 is 1.46 bits per heavy atom. The van der Waals surface area contributed by atoms with Crippen LogP contribution in [0, 0.1) is 0 Å². The minimum atomic E-state index is 0. The van der Waals surface area contributed by atoms with Crippen molar-refractivity contribution >= 4 is 0 Å². The number of rotatable bonds is 4. The third kappa shape index (κ3) is 13.6. The van der Waals surface area contributed by atoms with Gasteiger partial charge in [0.05, 0.1) is 0 Å². The van der Waals surface area contributed by atoms with Gasteiger partial charge in [-0.3, -0.25) is 5.22 Å². The van der Waals surface area contributed by atoms with Crippen molar-refractivity contribution in [2.75, 3.05) is 0 Å². The van der Waals surface area contributed by atoms with E-state index in [9.17, 15) is 0 Å².